The summed E-state index contributed by atoms with van der Waals surface area (Å²) < 4.78 is 54.0. The van der Waals surface area contributed by atoms with E-state index in [2.05, 4.69) is 0 Å². The van der Waals surface area contributed by atoms with Crippen LogP contribution >= 0.6 is 0 Å². The Bertz CT molecular complexity index is 609. The zero-order valence-electron chi connectivity index (χ0n) is 15.8. The quantitative estimate of drug-likeness (QED) is 0.317. The van der Waals surface area contributed by atoms with Gasteiger partial charge in [-0.2, -0.15) is 13.2 Å². The first-order chi connectivity index (χ1) is 12.7. The lowest BCUT2D eigenvalue weighted by atomic mass is 10.0. The summed E-state index contributed by atoms with van der Waals surface area (Å²) in [5, 5.41) is 0. The van der Waals surface area contributed by atoms with E-state index in [1.807, 2.05) is 0 Å². The molecule has 0 spiro atoms. The molecule has 1 aromatic carbocycles. The van der Waals surface area contributed by atoms with Gasteiger partial charge in [0.05, 0.1) is 18.3 Å². The predicted molar refractivity (Wildman–Crippen MR) is 94.3 cm³/mol. The molecule has 2 rings (SSSR count). The fraction of sp³-hybridized carbons (Fsp3) is 0.650. The predicted octanol–water partition coefficient (Wildman–Crippen LogP) is 4.55. The molecule has 7 heteroatoms. The first kappa shape index (κ1) is 21.7. The number of aryl methyl sites for hydroxylation is 1. The summed E-state index contributed by atoms with van der Waals surface area (Å²) in [6.45, 7) is 5.06. The molecular weight excluding hydrogens is 361 g/mol. The van der Waals surface area contributed by atoms with Gasteiger partial charge >= 0.3 is 12.1 Å². The van der Waals surface area contributed by atoms with Crippen molar-refractivity contribution in [2.75, 3.05) is 19.8 Å². The van der Waals surface area contributed by atoms with Crippen molar-refractivity contribution in [3.63, 3.8) is 0 Å². The molecule has 27 heavy (non-hydrogen) atoms. The van der Waals surface area contributed by atoms with Gasteiger partial charge in [0.25, 0.3) is 0 Å². The van der Waals surface area contributed by atoms with Gasteiger partial charge < -0.3 is 14.2 Å². The Kier molecular flexibility index (Phi) is 7.68. The van der Waals surface area contributed by atoms with Gasteiger partial charge in [-0.3, -0.25) is 0 Å². The van der Waals surface area contributed by atoms with Crippen LogP contribution in [0.25, 0.3) is 0 Å². The molecule has 1 unspecified atom stereocenters. The average Bonchev–Trinajstić information content (AvgIpc) is 3.37. The van der Waals surface area contributed by atoms with Crippen molar-refractivity contribution < 1.29 is 32.2 Å². The first-order valence-electron chi connectivity index (χ1n) is 9.32. The second-order valence-electron chi connectivity index (χ2n) is 7.11. The Labute approximate surface area is 158 Å². The van der Waals surface area contributed by atoms with E-state index in [-0.39, 0.29) is 12.1 Å². The summed E-state index contributed by atoms with van der Waals surface area (Å²) in [7, 11) is 0. The van der Waals surface area contributed by atoms with Crippen LogP contribution < -0.4 is 0 Å². The van der Waals surface area contributed by atoms with E-state index in [1.54, 1.807) is 19.9 Å². The Morgan fingerprint density at radius 3 is 2.56 bits per heavy atom. The number of esters is 1. The minimum absolute atomic E-state index is 0.161. The van der Waals surface area contributed by atoms with Crippen LogP contribution in [-0.2, 0) is 31.6 Å². The number of ether oxygens (including phenoxy) is 3. The van der Waals surface area contributed by atoms with E-state index in [0.717, 1.165) is 18.9 Å². The van der Waals surface area contributed by atoms with Gasteiger partial charge in [0.2, 0.25) is 0 Å². The van der Waals surface area contributed by atoms with Gasteiger partial charge in [-0.25, -0.2) is 4.79 Å². The normalized spacial score (nSPS) is 19.3. The molecule has 4 nitrogen and oxygen atoms in total. The van der Waals surface area contributed by atoms with E-state index in [9.17, 15) is 18.0 Å². The number of alkyl halides is 3. The molecule has 0 aromatic heterocycles. The lowest BCUT2D eigenvalue weighted by Gasteiger charge is -2.14. The Balaban J connectivity index is 1.55. The largest absolute Gasteiger partial charge is 0.461 e. The van der Waals surface area contributed by atoms with Crippen LogP contribution in [0, 0.1) is 0 Å². The maximum absolute atomic E-state index is 12.7. The third-order valence-electron chi connectivity index (χ3n) is 4.34. The number of halogens is 3. The van der Waals surface area contributed by atoms with Crippen molar-refractivity contribution in [3.8, 4) is 0 Å². The Morgan fingerprint density at radius 2 is 1.93 bits per heavy atom. The van der Waals surface area contributed by atoms with Gasteiger partial charge in [-0.15, -0.1) is 0 Å². The molecule has 1 aromatic rings. The maximum Gasteiger partial charge on any atom is 0.416 e. The van der Waals surface area contributed by atoms with Crippen LogP contribution in [0.1, 0.15) is 50.7 Å². The van der Waals surface area contributed by atoms with Crippen LogP contribution in [0.5, 0.6) is 0 Å². The highest BCUT2D eigenvalue weighted by Crippen LogP contribution is 2.34. The molecule has 1 aliphatic heterocycles. The SMILES string of the molecule is CC(C)OC(=O)C1(CCCOCCCCc2cccc(C(F)(F)F)c2)CO1. The summed E-state index contributed by atoms with van der Waals surface area (Å²) in [6.07, 6.45) is -1.08. The van der Waals surface area contributed by atoms with Gasteiger partial charge in [0.15, 0.2) is 5.60 Å². The van der Waals surface area contributed by atoms with Crippen molar-refractivity contribution in [1.29, 1.82) is 0 Å². The van der Waals surface area contributed by atoms with Crippen molar-refractivity contribution in [3.05, 3.63) is 35.4 Å². The molecule has 0 amide bonds. The van der Waals surface area contributed by atoms with Crippen molar-refractivity contribution in [1.82, 2.24) is 0 Å². The molecule has 0 radical (unpaired) electrons. The molecule has 1 fully saturated rings. The molecule has 1 saturated heterocycles. The topological polar surface area (TPSA) is 48.1 Å². The number of hydrogen-bond donors (Lipinski definition) is 0. The molecule has 0 bridgehead atoms. The van der Waals surface area contributed by atoms with Crippen LogP contribution in [0.4, 0.5) is 13.2 Å². The van der Waals surface area contributed by atoms with Crippen molar-refractivity contribution in [2.45, 2.75) is 63.8 Å². The third-order valence-corrected chi connectivity index (χ3v) is 4.34. The molecule has 152 valence electrons. The molecule has 1 atom stereocenters. The lowest BCUT2D eigenvalue weighted by Crippen LogP contribution is -2.29. The highest BCUT2D eigenvalue weighted by atomic mass is 19.4. The maximum atomic E-state index is 12.7. The summed E-state index contributed by atoms with van der Waals surface area (Å²) in [6, 6.07) is 5.43. The minimum atomic E-state index is -4.30. The smallest absolute Gasteiger partial charge is 0.416 e. The van der Waals surface area contributed by atoms with Gasteiger partial charge in [-0.05, 0) is 57.6 Å². The average molecular weight is 388 g/mol. The van der Waals surface area contributed by atoms with Gasteiger partial charge in [0.1, 0.15) is 0 Å². The number of epoxide rings is 1. The molecule has 0 aliphatic carbocycles. The zero-order valence-corrected chi connectivity index (χ0v) is 15.8. The second-order valence-corrected chi connectivity index (χ2v) is 7.11. The fourth-order valence-corrected chi connectivity index (χ4v) is 2.77. The summed E-state index contributed by atoms with van der Waals surface area (Å²) in [5.41, 5.74) is -0.707. The first-order valence-corrected chi connectivity index (χ1v) is 9.32. The van der Waals surface area contributed by atoms with E-state index in [1.165, 1.54) is 12.1 Å². The van der Waals surface area contributed by atoms with Crippen LogP contribution in [0.3, 0.4) is 0 Å². The lowest BCUT2D eigenvalue weighted by molar-refractivity contribution is -0.154. The van der Waals surface area contributed by atoms with Crippen LogP contribution in [-0.4, -0.2) is 37.5 Å². The van der Waals surface area contributed by atoms with E-state index in [0.29, 0.717) is 44.6 Å². The van der Waals surface area contributed by atoms with Crippen molar-refractivity contribution >= 4 is 5.97 Å². The van der Waals surface area contributed by atoms with Crippen molar-refractivity contribution in [2.24, 2.45) is 0 Å². The molecule has 0 N–H and O–H groups in total. The zero-order chi connectivity index (χ0) is 19.9. The Morgan fingerprint density at radius 1 is 1.22 bits per heavy atom. The Hall–Kier alpha value is -1.60. The van der Waals surface area contributed by atoms with Gasteiger partial charge in [0, 0.05) is 13.2 Å². The number of hydrogen-bond acceptors (Lipinski definition) is 4. The molecular formula is C20H27F3O4. The monoisotopic (exact) mass is 388 g/mol. The van der Waals surface area contributed by atoms with Crippen LogP contribution in [0.15, 0.2) is 24.3 Å². The standard InChI is InChI=1S/C20H27F3O4/c1-15(2)27-18(24)19(14-26-19)10-6-12-25-11-4-3-7-16-8-5-9-17(13-16)20(21,22)23/h5,8-9,13,15H,3-4,6-7,10-12,14H2,1-2H3. The number of carbonyl (C=O) groups excluding carboxylic acids is 1. The summed E-state index contributed by atoms with van der Waals surface area (Å²) in [5.74, 6) is -0.307. The fourth-order valence-electron chi connectivity index (χ4n) is 2.77. The van der Waals surface area contributed by atoms with E-state index in [4.69, 9.17) is 14.2 Å². The van der Waals surface area contributed by atoms with Gasteiger partial charge in [-0.1, -0.05) is 18.2 Å². The van der Waals surface area contributed by atoms with Crippen LogP contribution in [0.2, 0.25) is 0 Å². The highest BCUT2D eigenvalue weighted by Gasteiger charge is 2.53. The van der Waals surface area contributed by atoms with E-state index < -0.39 is 17.3 Å². The highest BCUT2D eigenvalue weighted by molar-refractivity contribution is 5.82. The number of benzene rings is 1. The third kappa shape index (κ3) is 7.14. The number of unbranched alkanes of at least 4 members (excludes halogenated alkanes) is 1. The van der Waals surface area contributed by atoms with E-state index >= 15 is 0 Å². The molecule has 1 heterocycles. The second kappa shape index (κ2) is 9.55. The number of rotatable bonds is 11. The summed E-state index contributed by atoms with van der Waals surface area (Å²) in [4.78, 5) is 11.9. The number of carbonyl (C=O) groups is 1. The molecule has 0 saturated carbocycles. The summed E-state index contributed by atoms with van der Waals surface area (Å²) >= 11 is 0. The minimum Gasteiger partial charge on any atom is -0.461 e. The molecule has 1 aliphatic rings.